The number of hydrogen-bond acceptors (Lipinski definition) is 5. The van der Waals surface area contributed by atoms with E-state index in [1.165, 1.54) is 34.4 Å². The fraction of sp³-hybridized carbons (Fsp3) is 0.824. The van der Waals surface area contributed by atoms with Gasteiger partial charge in [0.15, 0.2) is 0 Å². The van der Waals surface area contributed by atoms with Crippen molar-refractivity contribution in [1.82, 2.24) is 18.3 Å². The predicted octanol–water partition coefficient (Wildman–Crippen LogP) is 7.29. The third-order valence-electron chi connectivity index (χ3n) is 10.4. The molecule has 0 spiro atoms. The summed E-state index contributed by atoms with van der Waals surface area (Å²) in [5.41, 5.74) is 0.317. The molecule has 0 unspecified atom stereocenters. The number of hydrogen-bond donors (Lipinski definition) is 2. The van der Waals surface area contributed by atoms with Gasteiger partial charge in [0.2, 0.25) is 11.8 Å². The van der Waals surface area contributed by atoms with E-state index in [0.29, 0.717) is 26.2 Å². The Bertz CT molecular complexity index is 1080. The first-order valence-corrected chi connectivity index (χ1v) is 17.2. The van der Waals surface area contributed by atoms with E-state index in [-0.39, 0.29) is 34.0 Å². The van der Waals surface area contributed by atoms with Gasteiger partial charge in [0, 0.05) is 39.4 Å². The molecule has 0 amide bonds. The van der Waals surface area contributed by atoms with Crippen LogP contribution in [0.3, 0.4) is 0 Å². The molecule has 2 N–H and O–H groups in total. The highest BCUT2D eigenvalue weighted by Crippen LogP contribution is 2.39. The van der Waals surface area contributed by atoms with E-state index < -0.39 is 0 Å². The molecule has 2 aromatic heterocycles. The Morgan fingerprint density at radius 1 is 0.581 bits per heavy atom. The van der Waals surface area contributed by atoms with Gasteiger partial charge in [-0.3, -0.25) is 18.3 Å². The van der Waals surface area contributed by atoms with E-state index in [4.69, 9.17) is 4.74 Å². The van der Waals surface area contributed by atoms with Gasteiger partial charge in [-0.1, -0.05) is 66.2 Å². The van der Waals surface area contributed by atoms with Gasteiger partial charge in [-0.05, 0) is 76.0 Å². The number of ether oxygens (including phenoxy) is 1. The molecule has 0 aromatic carbocycles. The summed E-state index contributed by atoms with van der Waals surface area (Å²) in [7, 11) is 0. The topological polar surface area (TPSA) is 104 Å². The third kappa shape index (κ3) is 10.3. The van der Waals surface area contributed by atoms with Crippen LogP contribution in [0.4, 0.5) is 0 Å². The summed E-state index contributed by atoms with van der Waals surface area (Å²) in [6.07, 6.45) is 18.2. The van der Waals surface area contributed by atoms with E-state index in [1.54, 1.807) is 9.13 Å². The molecule has 2 rings (SSSR count). The zero-order chi connectivity index (χ0) is 31.9. The zero-order valence-electron chi connectivity index (χ0n) is 28.2. The lowest BCUT2D eigenvalue weighted by molar-refractivity contribution is 0.113. The molecule has 0 aliphatic heterocycles. The van der Waals surface area contributed by atoms with Crippen molar-refractivity contribution in [2.24, 2.45) is 10.8 Å². The maximum atomic E-state index is 12.4. The minimum Gasteiger partial charge on any atom is -0.493 e. The van der Waals surface area contributed by atoms with Crippen molar-refractivity contribution >= 4 is 0 Å². The molecule has 0 bridgehead atoms. The van der Waals surface area contributed by atoms with E-state index in [0.717, 1.165) is 90.3 Å². The molecule has 0 saturated heterocycles. The fourth-order valence-corrected chi connectivity index (χ4v) is 6.81. The lowest BCUT2D eigenvalue weighted by Gasteiger charge is -2.32. The first-order valence-electron chi connectivity index (χ1n) is 17.2. The molecule has 2 heterocycles. The summed E-state index contributed by atoms with van der Waals surface area (Å²) in [6.45, 7) is 16.8. The molecule has 9 heteroatoms. The van der Waals surface area contributed by atoms with Gasteiger partial charge >= 0.3 is 11.4 Å². The summed E-state index contributed by atoms with van der Waals surface area (Å²) < 4.78 is 12.1. The van der Waals surface area contributed by atoms with Crippen LogP contribution >= 0.6 is 0 Å². The highest BCUT2D eigenvalue weighted by Gasteiger charge is 2.26. The SMILES string of the molecule is CCn1cc(O)n(CCCC(CC)(CC)CCCCOCCCCC(CC)(CC)CCCn2c(O)cn(CC)c2=O)c1=O. The van der Waals surface area contributed by atoms with Crippen LogP contribution in [0.1, 0.15) is 131 Å². The van der Waals surface area contributed by atoms with Crippen LogP contribution in [0.5, 0.6) is 11.8 Å². The van der Waals surface area contributed by atoms with Crippen LogP contribution in [0.25, 0.3) is 0 Å². The molecule has 9 nitrogen and oxygen atoms in total. The van der Waals surface area contributed by atoms with Crippen LogP contribution in [-0.2, 0) is 30.9 Å². The van der Waals surface area contributed by atoms with Crippen LogP contribution in [0.15, 0.2) is 22.0 Å². The standard InChI is InChI=1S/C34H62N4O5/c1-7-33(8-2,21-17-23-37-29(39)27-35(11-5)31(37)41)19-13-15-25-43-26-16-14-20-34(9-3,10-4)22-18-24-38-30(40)28-36(12-6)32(38)42/h27-28,39-40H,7-26H2,1-6H3. The summed E-state index contributed by atoms with van der Waals surface area (Å²) >= 11 is 0. The molecule has 0 atom stereocenters. The average molecular weight is 607 g/mol. The molecule has 0 fully saturated rings. The first-order chi connectivity index (χ1) is 20.6. The molecule has 0 radical (unpaired) electrons. The Morgan fingerprint density at radius 3 is 1.23 bits per heavy atom. The number of aryl methyl sites for hydroxylation is 2. The van der Waals surface area contributed by atoms with Gasteiger partial charge in [0.25, 0.3) is 0 Å². The second kappa shape index (κ2) is 18.4. The normalized spacial score (nSPS) is 12.4. The summed E-state index contributed by atoms with van der Waals surface area (Å²) in [4.78, 5) is 24.8. The number of unbranched alkanes of at least 4 members (excludes halogenated alkanes) is 2. The quantitative estimate of drug-likeness (QED) is 0.122. The molecule has 2 aromatic rings. The molecular weight excluding hydrogens is 544 g/mol. The lowest BCUT2D eigenvalue weighted by Crippen LogP contribution is -2.25. The molecule has 0 aliphatic rings. The number of nitrogens with zero attached hydrogens (tertiary/aromatic N) is 4. The minimum atomic E-state index is -0.122. The van der Waals surface area contributed by atoms with Crippen molar-refractivity contribution in [3.8, 4) is 11.8 Å². The number of imidazole rings is 2. The largest absolute Gasteiger partial charge is 0.493 e. The van der Waals surface area contributed by atoms with E-state index >= 15 is 0 Å². The van der Waals surface area contributed by atoms with E-state index in [2.05, 4.69) is 27.7 Å². The molecule has 0 aliphatic carbocycles. The van der Waals surface area contributed by atoms with E-state index in [1.807, 2.05) is 13.8 Å². The van der Waals surface area contributed by atoms with Crippen LogP contribution in [0.2, 0.25) is 0 Å². The van der Waals surface area contributed by atoms with Gasteiger partial charge < -0.3 is 14.9 Å². The smallest absolute Gasteiger partial charge is 0.331 e. The van der Waals surface area contributed by atoms with Crippen molar-refractivity contribution in [2.45, 2.75) is 158 Å². The van der Waals surface area contributed by atoms with Crippen molar-refractivity contribution in [1.29, 1.82) is 0 Å². The fourth-order valence-electron chi connectivity index (χ4n) is 6.81. The predicted molar refractivity (Wildman–Crippen MR) is 175 cm³/mol. The van der Waals surface area contributed by atoms with Crippen molar-refractivity contribution < 1.29 is 14.9 Å². The lowest BCUT2D eigenvalue weighted by atomic mass is 9.74. The Balaban J connectivity index is 1.65. The highest BCUT2D eigenvalue weighted by molar-refractivity contribution is 5.06. The van der Waals surface area contributed by atoms with Crippen LogP contribution in [0, 0.1) is 10.8 Å². The second-order valence-corrected chi connectivity index (χ2v) is 12.6. The highest BCUT2D eigenvalue weighted by atomic mass is 16.5. The third-order valence-corrected chi connectivity index (χ3v) is 10.4. The van der Waals surface area contributed by atoms with Crippen LogP contribution < -0.4 is 11.4 Å². The van der Waals surface area contributed by atoms with Crippen molar-refractivity contribution in [3.63, 3.8) is 0 Å². The Labute approximate surface area is 259 Å². The Kier molecular flexibility index (Phi) is 15.7. The maximum absolute atomic E-state index is 12.4. The summed E-state index contributed by atoms with van der Waals surface area (Å²) in [5.74, 6) is 0.130. The number of aromatic hydroxyl groups is 2. The van der Waals surface area contributed by atoms with Gasteiger partial charge in [-0.2, -0.15) is 0 Å². The van der Waals surface area contributed by atoms with Gasteiger partial charge in [-0.25, -0.2) is 9.59 Å². The molecule has 0 saturated carbocycles. The number of aromatic nitrogens is 4. The first kappa shape index (κ1) is 36.8. The van der Waals surface area contributed by atoms with Crippen molar-refractivity contribution in [3.05, 3.63) is 33.4 Å². The summed E-state index contributed by atoms with van der Waals surface area (Å²) in [5, 5.41) is 20.3. The summed E-state index contributed by atoms with van der Waals surface area (Å²) in [6, 6.07) is 0. The molecular formula is C34H62N4O5. The maximum Gasteiger partial charge on any atom is 0.331 e. The number of rotatable bonds is 24. The van der Waals surface area contributed by atoms with Gasteiger partial charge in [0.05, 0.1) is 12.4 Å². The molecule has 248 valence electrons. The Morgan fingerprint density at radius 2 is 0.930 bits per heavy atom. The van der Waals surface area contributed by atoms with Gasteiger partial charge in [0.1, 0.15) is 0 Å². The van der Waals surface area contributed by atoms with Crippen molar-refractivity contribution in [2.75, 3.05) is 13.2 Å². The average Bonchev–Trinajstić information content (AvgIpc) is 3.46. The Hall–Kier alpha value is -2.42. The monoisotopic (exact) mass is 606 g/mol. The minimum absolute atomic E-state index is 0.0651. The second-order valence-electron chi connectivity index (χ2n) is 12.6. The van der Waals surface area contributed by atoms with Gasteiger partial charge in [-0.15, -0.1) is 0 Å². The zero-order valence-corrected chi connectivity index (χ0v) is 28.2. The molecule has 43 heavy (non-hydrogen) atoms. The van der Waals surface area contributed by atoms with E-state index in [9.17, 15) is 19.8 Å². The van der Waals surface area contributed by atoms with Crippen LogP contribution in [-0.4, -0.2) is 41.7 Å².